The maximum absolute atomic E-state index is 13.0. The van der Waals surface area contributed by atoms with Crippen LogP contribution in [0.4, 0.5) is 5.69 Å². The van der Waals surface area contributed by atoms with Gasteiger partial charge in [-0.05, 0) is 35.4 Å². The van der Waals surface area contributed by atoms with Crippen molar-refractivity contribution in [2.45, 2.75) is 19.4 Å². The molecule has 0 fully saturated rings. The van der Waals surface area contributed by atoms with Gasteiger partial charge in [0.25, 0.3) is 5.69 Å². The highest BCUT2D eigenvalue weighted by molar-refractivity contribution is 6.30. The maximum atomic E-state index is 13.0. The molecule has 1 aromatic heterocycles. The first-order valence-corrected chi connectivity index (χ1v) is 8.58. The van der Waals surface area contributed by atoms with Gasteiger partial charge in [-0.15, -0.1) is 0 Å². The minimum absolute atomic E-state index is 0.00795. The number of nitrogens with one attached hydrogen (secondary N) is 1. The average Bonchev–Trinajstić information content (AvgIpc) is 2.67. The number of benzene rings is 2. The highest BCUT2D eigenvalue weighted by atomic mass is 35.5. The Kier molecular flexibility index (Phi) is 5.23. The molecule has 3 rings (SSSR count). The molecule has 1 heterocycles. The second-order valence-electron chi connectivity index (χ2n) is 5.88. The topological polar surface area (TPSA) is 108 Å². The molecule has 1 amide bonds. The quantitative estimate of drug-likeness (QED) is 0.535. The Labute approximate surface area is 159 Å². The van der Waals surface area contributed by atoms with E-state index in [0.29, 0.717) is 10.6 Å². The minimum atomic E-state index is -0.854. The predicted octanol–water partition coefficient (Wildman–Crippen LogP) is 3.49. The van der Waals surface area contributed by atoms with Gasteiger partial charge in [0.1, 0.15) is 0 Å². The summed E-state index contributed by atoms with van der Waals surface area (Å²) in [4.78, 5) is 27.0. The first kappa shape index (κ1) is 18.6. The van der Waals surface area contributed by atoms with E-state index in [1.165, 1.54) is 24.4 Å². The molecule has 0 aliphatic heterocycles. The summed E-state index contributed by atoms with van der Waals surface area (Å²) in [7, 11) is 0. The van der Waals surface area contributed by atoms with E-state index in [1.807, 2.05) is 0 Å². The molecule has 0 aliphatic rings. The summed E-state index contributed by atoms with van der Waals surface area (Å²) in [5.41, 5.74) is 0.420. The van der Waals surface area contributed by atoms with Gasteiger partial charge in [-0.1, -0.05) is 36.4 Å². The number of carbonyl (C=O) groups is 1. The highest BCUT2D eigenvalue weighted by Crippen LogP contribution is 2.38. The van der Waals surface area contributed by atoms with Crippen LogP contribution in [0.25, 0.3) is 10.9 Å². The Morgan fingerprint density at radius 1 is 1.30 bits per heavy atom. The number of pyridine rings is 1. The third kappa shape index (κ3) is 3.68. The number of non-ortho nitro benzene ring substituents is 1. The van der Waals surface area contributed by atoms with Gasteiger partial charge in [0.2, 0.25) is 5.91 Å². The average molecular weight is 385 g/mol. The fourth-order valence-electron chi connectivity index (χ4n) is 2.84. The summed E-state index contributed by atoms with van der Waals surface area (Å²) in [5.74, 6) is -0.759. The summed E-state index contributed by atoms with van der Waals surface area (Å²) in [6, 6.07) is 9.94. The summed E-state index contributed by atoms with van der Waals surface area (Å²) < 4.78 is 0. The van der Waals surface area contributed by atoms with E-state index < -0.39 is 16.7 Å². The SMILES string of the molecule is CCC(=O)N[C@H](c1ccc(Cl)cc1)c1cc([N+](=O)[O-])c2cccnc2c1[O-]. The van der Waals surface area contributed by atoms with Crippen LogP contribution in [0.5, 0.6) is 5.75 Å². The summed E-state index contributed by atoms with van der Waals surface area (Å²) in [6.07, 6.45) is 1.60. The lowest BCUT2D eigenvalue weighted by Crippen LogP contribution is -2.29. The van der Waals surface area contributed by atoms with Crippen molar-refractivity contribution in [2.24, 2.45) is 0 Å². The van der Waals surface area contributed by atoms with Crippen molar-refractivity contribution >= 4 is 34.1 Å². The molecule has 0 unspecified atom stereocenters. The monoisotopic (exact) mass is 384 g/mol. The van der Waals surface area contributed by atoms with Crippen LogP contribution in [-0.4, -0.2) is 15.8 Å². The summed E-state index contributed by atoms with van der Waals surface area (Å²) in [5, 5.41) is 27.9. The number of hydrogen-bond donors (Lipinski definition) is 1. The van der Waals surface area contributed by atoms with Gasteiger partial charge in [-0.3, -0.25) is 19.9 Å². The molecular formula is C19H15ClN3O4-. The Bertz CT molecular complexity index is 1020. The van der Waals surface area contributed by atoms with Gasteiger partial charge in [0, 0.05) is 23.7 Å². The van der Waals surface area contributed by atoms with Gasteiger partial charge in [-0.2, -0.15) is 0 Å². The Balaban J connectivity index is 2.26. The molecule has 0 saturated carbocycles. The number of nitro benzene ring substituents is 1. The molecule has 2 aromatic carbocycles. The van der Waals surface area contributed by atoms with Crippen LogP contribution in [0.3, 0.4) is 0 Å². The highest BCUT2D eigenvalue weighted by Gasteiger charge is 2.23. The van der Waals surface area contributed by atoms with Crippen molar-refractivity contribution in [1.82, 2.24) is 10.3 Å². The number of nitrogens with zero attached hydrogens (tertiary/aromatic N) is 2. The molecule has 0 spiro atoms. The van der Waals surface area contributed by atoms with Crippen LogP contribution in [0.1, 0.15) is 30.5 Å². The number of fused-ring (bicyclic) bond motifs is 1. The minimum Gasteiger partial charge on any atom is -0.871 e. The van der Waals surface area contributed by atoms with Crippen LogP contribution < -0.4 is 10.4 Å². The van der Waals surface area contributed by atoms with Crippen molar-refractivity contribution in [2.75, 3.05) is 0 Å². The molecular weight excluding hydrogens is 370 g/mol. The smallest absolute Gasteiger partial charge is 0.279 e. The first-order chi connectivity index (χ1) is 12.9. The lowest BCUT2D eigenvalue weighted by Gasteiger charge is -2.25. The predicted molar refractivity (Wildman–Crippen MR) is 99.6 cm³/mol. The van der Waals surface area contributed by atoms with E-state index in [-0.39, 0.29) is 34.5 Å². The number of carbonyl (C=O) groups excluding carboxylic acids is 1. The fourth-order valence-corrected chi connectivity index (χ4v) is 2.97. The van der Waals surface area contributed by atoms with Crippen molar-refractivity contribution in [3.8, 4) is 5.75 Å². The van der Waals surface area contributed by atoms with Crippen LogP contribution in [0, 0.1) is 10.1 Å². The molecule has 8 heteroatoms. The van der Waals surface area contributed by atoms with E-state index in [4.69, 9.17) is 11.6 Å². The van der Waals surface area contributed by atoms with E-state index in [0.717, 1.165) is 0 Å². The number of rotatable bonds is 5. The second kappa shape index (κ2) is 7.59. The van der Waals surface area contributed by atoms with Gasteiger partial charge in [0.05, 0.1) is 21.9 Å². The zero-order chi connectivity index (χ0) is 19.6. The van der Waals surface area contributed by atoms with Crippen LogP contribution in [0.15, 0.2) is 48.7 Å². The Hall–Kier alpha value is -3.19. The van der Waals surface area contributed by atoms with Gasteiger partial charge in [0.15, 0.2) is 0 Å². The van der Waals surface area contributed by atoms with Gasteiger partial charge in [-0.25, -0.2) is 0 Å². The first-order valence-electron chi connectivity index (χ1n) is 8.20. The fraction of sp³-hybridized carbons (Fsp3) is 0.158. The van der Waals surface area contributed by atoms with Crippen molar-refractivity contribution < 1.29 is 14.8 Å². The number of halogens is 1. The van der Waals surface area contributed by atoms with Crippen LogP contribution in [0.2, 0.25) is 5.02 Å². The Morgan fingerprint density at radius 2 is 2.00 bits per heavy atom. The van der Waals surface area contributed by atoms with Crippen molar-refractivity contribution in [3.63, 3.8) is 0 Å². The number of amides is 1. The number of aromatic nitrogens is 1. The van der Waals surface area contributed by atoms with Crippen molar-refractivity contribution in [1.29, 1.82) is 0 Å². The molecule has 138 valence electrons. The van der Waals surface area contributed by atoms with E-state index in [2.05, 4.69) is 10.3 Å². The summed E-state index contributed by atoms with van der Waals surface area (Å²) >= 11 is 5.92. The van der Waals surface area contributed by atoms with E-state index in [9.17, 15) is 20.0 Å². The largest absolute Gasteiger partial charge is 0.871 e. The number of hydrogen-bond acceptors (Lipinski definition) is 5. The van der Waals surface area contributed by atoms with Crippen molar-refractivity contribution in [3.05, 3.63) is 74.9 Å². The standard InChI is InChI=1S/C19H16ClN3O4/c1-2-16(24)22-17(11-5-7-12(20)8-6-11)14-10-15(23(26)27)13-4-3-9-21-18(13)19(14)25/h3-10,17,25H,2H2,1H3,(H,22,24)/p-1/t17-/m1/s1. The molecule has 0 radical (unpaired) electrons. The molecule has 27 heavy (non-hydrogen) atoms. The molecule has 0 saturated heterocycles. The normalized spacial score (nSPS) is 11.9. The molecule has 1 atom stereocenters. The van der Waals surface area contributed by atoms with Gasteiger partial charge < -0.3 is 10.4 Å². The van der Waals surface area contributed by atoms with Crippen LogP contribution in [-0.2, 0) is 4.79 Å². The van der Waals surface area contributed by atoms with Crippen LogP contribution >= 0.6 is 11.6 Å². The third-order valence-electron chi connectivity index (χ3n) is 4.19. The lowest BCUT2D eigenvalue weighted by molar-refractivity contribution is -0.383. The maximum Gasteiger partial charge on any atom is 0.279 e. The molecule has 0 aliphatic carbocycles. The number of nitro groups is 1. The van der Waals surface area contributed by atoms with E-state index in [1.54, 1.807) is 31.2 Å². The van der Waals surface area contributed by atoms with Gasteiger partial charge >= 0.3 is 0 Å². The molecule has 3 aromatic rings. The zero-order valence-corrected chi connectivity index (χ0v) is 15.1. The van der Waals surface area contributed by atoms with E-state index >= 15 is 0 Å². The lowest BCUT2D eigenvalue weighted by atomic mass is 9.95. The second-order valence-corrected chi connectivity index (χ2v) is 6.31. The Morgan fingerprint density at radius 3 is 2.63 bits per heavy atom. The summed E-state index contributed by atoms with van der Waals surface area (Å²) in [6.45, 7) is 1.68. The molecule has 1 N–H and O–H groups in total. The molecule has 0 bridgehead atoms. The molecule has 7 nitrogen and oxygen atoms in total. The third-order valence-corrected chi connectivity index (χ3v) is 4.44. The zero-order valence-electron chi connectivity index (χ0n) is 14.3.